The van der Waals surface area contributed by atoms with E-state index in [1.807, 2.05) is 35.9 Å². The van der Waals surface area contributed by atoms with Gasteiger partial charge in [-0.25, -0.2) is 0 Å². The number of likely N-dealkylation sites (tertiary alicyclic amines) is 1. The second kappa shape index (κ2) is 9.85. The number of rotatable bonds is 7. The molecule has 2 aliphatic rings. The van der Waals surface area contributed by atoms with Crippen LogP contribution >= 0.6 is 0 Å². The van der Waals surface area contributed by atoms with Gasteiger partial charge in [-0.1, -0.05) is 43.2 Å². The Morgan fingerprint density at radius 2 is 1.84 bits per heavy atom. The van der Waals surface area contributed by atoms with Crippen molar-refractivity contribution in [1.29, 1.82) is 0 Å². The molecule has 1 aromatic carbocycles. The zero-order valence-electron chi connectivity index (χ0n) is 19.4. The van der Waals surface area contributed by atoms with E-state index in [2.05, 4.69) is 35.3 Å². The van der Waals surface area contributed by atoms with Crippen LogP contribution in [0.2, 0.25) is 0 Å². The maximum absolute atomic E-state index is 13.8. The fourth-order valence-electron chi connectivity index (χ4n) is 5.52. The van der Waals surface area contributed by atoms with Crippen LogP contribution in [0.3, 0.4) is 0 Å². The third-order valence-corrected chi connectivity index (χ3v) is 7.34. The highest BCUT2D eigenvalue weighted by molar-refractivity contribution is 5.86. The summed E-state index contributed by atoms with van der Waals surface area (Å²) in [7, 11) is 0. The predicted octanol–water partition coefficient (Wildman–Crippen LogP) is 4.57. The lowest BCUT2D eigenvalue weighted by atomic mass is 9.78. The molecule has 0 spiro atoms. The van der Waals surface area contributed by atoms with Crippen LogP contribution in [0.4, 0.5) is 0 Å². The smallest absolute Gasteiger partial charge is 0.230 e. The molecule has 0 N–H and O–H groups in total. The van der Waals surface area contributed by atoms with Gasteiger partial charge < -0.3 is 9.80 Å². The third-order valence-electron chi connectivity index (χ3n) is 7.34. The van der Waals surface area contributed by atoms with Crippen molar-refractivity contribution in [2.45, 2.75) is 52.4 Å². The van der Waals surface area contributed by atoms with Gasteiger partial charge in [-0.2, -0.15) is 0 Å². The van der Waals surface area contributed by atoms with Crippen LogP contribution in [0, 0.1) is 11.3 Å². The Morgan fingerprint density at radius 3 is 2.53 bits per heavy atom. The summed E-state index contributed by atoms with van der Waals surface area (Å²) in [6.45, 7) is 6.69. The van der Waals surface area contributed by atoms with Crippen LogP contribution in [0.25, 0.3) is 11.1 Å². The summed E-state index contributed by atoms with van der Waals surface area (Å²) < 4.78 is 0. The van der Waals surface area contributed by atoms with Crippen molar-refractivity contribution in [1.82, 2.24) is 14.8 Å². The van der Waals surface area contributed by atoms with E-state index in [9.17, 15) is 9.59 Å². The zero-order chi connectivity index (χ0) is 22.6. The first-order valence-corrected chi connectivity index (χ1v) is 12.1. The van der Waals surface area contributed by atoms with Crippen LogP contribution < -0.4 is 0 Å². The molecule has 170 valence electrons. The summed E-state index contributed by atoms with van der Waals surface area (Å²) in [5, 5.41) is 0. The summed E-state index contributed by atoms with van der Waals surface area (Å²) in [4.78, 5) is 35.1. The normalized spacial score (nSPS) is 21.1. The minimum Gasteiger partial charge on any atom is -0.343 e. The highest BCUT2D eigenvalue weighted by Crippen LogP contribution is 2.39. The van der Waals surface area contributed by atoms with E-state index < -0.39 is 5.41 Å². The number of hydrogen-bond acceptors (Lipinski definition) is 3. The average Bonchev–Trinajstić information content (AvgIpc) is 3.52. The molecule has 32 heavy (non-hydrogen) atoms. The Morgan fingerprint density at radius 1 is 1.09 bits per heavy atom. The van der Waals surface area contributed by atoms with Crippen molar-refractivity contribution in [2.24, 2.45) is 11.3 Å². The minimum absolute atomic E-state index is 0.156. The molecule has 1 aliphatic heterocycles. The van der Waals surface area contributed by atoms with Gasteiger partial charge in [-0.05, 0) is 62.3 Å². The number of carbonyl (C=O) groups is 2. The van der Waals surface area contributed by atoms with Gasteiger partial charge >= 0.3 is 0 Å². The Bertz CT molecular complexity index is 935. The molecule has 0 bridgehead atoms. The molecule has 1 aliphatic carbocycles. The summed E-state index contributed by atoms with van der Waals surface area (Å²) in [5.74, 6) is 0.611. The monoisotopic (exact) mass is 433 g/mol. The standard InChI is InChI=1S/C27H35N3O2/c1-3-29(4-2)26(32)27(14-16-30(20-27)25(31)22-10-5-6-11-22)18-21-9-7-12-23(17-21)24-13-8-15-28-19-24/h7-9,12-13,15,17,19,22H,3-6,10-11,14,16,18,20H2,1-2H3/t27-/m1/s1. The van der Waals surface area contributed by atoms with Gasteiger partial charge in [0.1, 0.15) is 0 Å². The lowest BCUT2D eigenvalue weighted by Crippen LogP contribution is -2.47. The molecule has 1 saturated heterocycles. The van der Waals surface area contributed by atoms with Gasteiger partial charge in [0.15, 0.2) is 0 Å². The van der Waals surface area contributed by atoms with Gasteiger partial charge in [0.25, 0.3) is 0 Å². The molecule has 1 atom stereocenters. The van der Waals surface area contributed by atoms with Crippen LogP contribution in [0.1, 0.15) is 51.5 Å². The number of benzene rings is 1. The SMILES string of the molecule is CCN(CC)C(=O)[C@@]1(Cc2cccc(-c3cccnc3)c2)CCN(C(=O)C2CCCC2)C1. The van der Waals surface area contributed by atoms with Gasteiger partial charge in [0, 0.05) is 44.5 Å². The number of hydrogen-bond donors (Lipinski definition) is 0. The lowest BCUT2D eigenvalue weighted by molar-refractivity contribution is -0.142. The molecule has 2 heterocycles. The molecule has 2 aromatic rings. The minimum atomic E-state index is -0.548. The number of nitrogens with zero attached hydrogens (tertiary/aromatic N) is 3. The maximum Gasteiger partial charge on any atom is 0.230 e. The number of carbonyl (C=O) groups excluding carboxylic acids is 2. The van der Waals surface area contributed by atoms with Crippen LogP contribution in [0.5, 0.6) is 0 Å². The topological polar surface area (TPSA) is 53.5 Å². The summed E-state index contributed by atoms with van der Waals surface area (Å²) in [5.41, 5.74) is 2.77. The largest absolute Gasteiger partial charge is 0.343 e. The van der Waals surface area contributed by atoms with Crippen LogP contribution in [0.15, 0.2) is 48.8 Å². The highest BCUT2D eigenvalue weighted by Gasteiger charge is 2.48. The molecule has 5 heteroatoms. The zero-order valence-corrected chi connectivity index (χ0v) is 19.4. The van der Waals surface area contributed by atoms with Crippen molar-refractivity contribution in [3.8, 4) is 11.1 Å². The fourth-order valence-corrected chi connectivity index (χ4v) is 5.52. The van der Waals surface area contributed by atoms with Gasteiger partial charge in [-0.3, -0.25) is 14.6 Å². The molecule has 5 nitrogen and oxygen atoms in total. The molecule has 0 unspecified atom stereocenters. The number of aromatic nitrogens is 1. The molecular weight excluding hydrogens is 398 g/mol. The quantitative estimate of drug-likeness (QED) is 0.643. The molecule has 4 rings (SSSR count). The first-order valence-electron chi connectivity index (χ1n) is 12.1. The Kier molecular flexibility index (Phi) is 6.92. The van der Waals surface area contributed by atoms with Crippen molar-refractivity contribution in [3.05, 3.63) is 54.4 Å². The Hall–Kier alpha value is -2.69. The van der Waals surface area contributed by atoms with Crippen molar-refractivity contribution >= 4 is 11.8 Å². The number of amides is 2. The van der Waals surface area contributed by atoms with Gasteiger partial charge in [-0.15, -0.1) is 0 Å². The predicted molar refractivity (Wildman–Crippen MR) is 127 cm³/mol. The molecular formula is C27H35N3O2. The lowest BCUT2D eigenvalue weighted by Gasteiger charge is -2.34. The third kappa shape index (κ3) is 4.57. The Balaban J connectivity index is 1.61. The van der Waals surface area contributed by atoms with Crippen molar-refractivity contribution in [2.75, 3.05) is 26.2 Å². The van der Waals surface area contributed by atoms with E-state index in [1.165, 1.54) is 0 Å². The van der Waals surface area contributed by atoms with Crippen LogP contribution in [-0.2, 0) is 16.0 Å². The Labute approximate surface area is 191 Å². The molecule has 2 amide bonds. The van der Waals surface area contributed by atoms with E-state index in [0.29, 0.717) is 32.6 Å². The molecule has 1 aromatic heterocycles. The maximum atomic E-state index is 13.8. The van der Waals surface area contributed by atoms with E-state index in [0.717, 1.165) is 48.8 Å². The summed E-state index contributed by atoms with van der Waals surface area (Å²) >= 11 is 0. The average molecular weight is 434 g/mol. The van der Waals surface area contributed by atoms with Crippen molar-refractivity contribution in [3.63, 3.8) is 0 Å². The number of pyridine rings is 1. The fraction of sp³-hybridized carbons (Fsp3) is 0.519. The second-order valence-corrected chi connectivity index (χ2v) is 9.37. The molecule has 0 radical (unpaired) electrons. The highest BCUT2D eigenvalue weighted by atomic mass is 16.2. The first kappa shape index (κ1) is 22.5. The van der Waals surface area contributed by atoms with E-state index in [4.69, 9.17) is 0 Å². The first-order chi connectivity index (χ1) is 15.6. The van der Waals surface area contributed by atoms with Gasteiger partial charge in [0.05, 0.1) is 5.41 Å². The molecule has 2 fully saturated rings. The van der Waals surface area contributed by atoms with Crippen LogP contribution in [-0.4, -0.2) is 52.8 Å². The second-order valence-electron chi connectivity index (χ2n) is 9.37. The van der Waals surface area contributed by atoms with Gasteiger partial charge in [0.2, 0.25) is 11.8 Å². The van der Waals surface area contributed by atoms with E-state index in [-0.39, 0.29) is 17.7 Å². The summed E-state index contributed by atoms with van der Waals surface area (Å²) in [6.07, 6.45) is 9.33. The van der Waals surface area contributed by atoms with E-state index >= 15 is 0 Å². The molecule has 1 saturated carbocycles. The van der Waals surface area contributed by atoms with E-state index in [1.54, 1.807) is 6.20 Å². The van der Waals surface area contributed by atoms with Crippen molar-refractivity contribution < 1.29 is 9.59 Å². The summed E-state index contributed by atoms with van der Waals surface area (Å²) in [6, 6.07) is 12.4.